The largest absolute Gasteiger partial charge is 0.323 e. The van der Waals surface area contributed by atoms with E-state index in [4.69, 9.17) is 0 Å². The number of fused-ring (bicyclic) bond motifs is 1. The lowest BCUT2D eigenvalue weighted by Gasteiger charge is -2.06. The summed E-state index contributed by atoms with van der Waals surface area (Å²) in [5.74, 6) is -1.08. The highest BCUT2D eigenvalue weighted by Crippen LogP contribution is 2.27. The number of rotatable bonds is 2. The molecule has 0 spiro atoms. The maximum atomic E-state index is 14.0. The summed E-state index contributed by atoms with van der Waals surface area (Å²) < 4.78 is 14.7. The Morgan fingerprint density at radius 2 is 1.67 bits per heavy atom. The first kappa shape index (κ1) is 14.2. The molecule has 7 heteroatoms. The second-order valence-electron chi connectivity index (χ2n) is 4.39. The van der Waals surface area contributed by atoms with Crippen LogP contribution in [-0.4, -0.2) is 15.8 Å². The summed E-state index contributed by atoms with van der Waals surface area (Å²) in [5.41, 5.74) is 0.923. The Labute approximate surface area is 134 Å². The molecule has 0 bridgehead atoms. The second kappa shape index (κ2) is 5.23. The van der Waals surface area contributed by atoms with Crippen molar-refractivity contribution >= 4 is 48.7 Å². The molecule has 0 radical (unpaired) electrons. The smallest absolute Gasteiger partial charge is 0.306 e. The molecule has 0 fully saturated rings. The zero-order valence-electron chi connectivity index (χ0n) is 10.3. The minimum absolute atomic E-state index is 0.0395. The summed E-state index contributed by atoms with van der Waals surface area (Å²) in [6.07, 6.45) is 0. The van der Waals surface area contributed by atoms with Crippen LogP contribution in [0.5, 0.6) is 0 Å². The maximum Gasteiger partial charge on any atom is 0.323 e. The van der Waals surface area contributed by atoms with Crippen molar-refractivity contribution in [2.75, 3.05) is 0 Å². The molecule has 0 unspecified atom stereocenters. The average molecular weight is 414 g/mol. The third-order valence-electron chi connectivity index (χ3n) is 3.04. The van der Waals surface area contributed by atoms with E-state index >= 15 is 0 Å². The molecule has 2 N–H and O–H groups in total. The topological polar surface area (TPSA) is 65.7 Å². The Kier molecular flexibility index (Phi) is 3.54. The molecule has 3 aromatic rings. The van der Waals surface area contributed by atoms with Gasteiger partial charge in [-0.2, -0.15) is 0 Å². The number of carbonyl (C=O) groups excluding carboxylic acids is 1. The Morgan fingerprint density at radius 3 is 2.38 bits per heavy atom. The van der Waals surface area contributed by atoms with Gasteiger partial charge in [-0.25, -0.2) is 9.18 Å². The molecule has 0 aliphatic heterocycles. The number of hydrogen-bond donors (Lipinski definition) is 2. The van der Waals surface area contributed by atoms with E-state index in [1.807, 2.05) is 0 Å². The van der Waals surface area contributed by atoms with Crippen LogP contribution in [0.25, 0.3) is 11.0 Å². The lowest BCUT2D eigenvalue weighted by molar-refractivity contribution is 0.103. The quantitative estimate of drug-likeness (QED) is 0.628. The first-order valence-electron chi connectivity index (χ1n) is 5.87. The van der Waals surface area contributed by atoms with Crippen molar-refractivity contribution in [1.29, 1.82) is 0 Å². The van der Waals surface area contributed by atoms with Crippen LogP contribution in [0, 0.1) is 5.82 Å². The lowest BCUT2D eigenvalue weighted by atomic mass is 10.0. The first-order valence-corrected chi connectivity index (χ1v) is 7.46. The number of hydrogen-bond acceptors (Lipinski definition) is 2. The van der Waals surface area contributed by atoms with Gasteiger partial charge in [-0.15, -0.1) is 0 Å². The van der Waals surface area contributed by atoms with E-state index < -0.39 is 11.6 Å². The summed E-state index contributed by atoms with van der Waals surface area (Å²) in [7, 11) is 0. The zero-order valence-corrected chi connectivity index (χ0v) is 13.5. The molecular weight excluding hydrogens is 407 g/mol. The molecule has 21 heavy (non-hydrogen) atoms. The number of aromatic amines is 2. The first-order chi connectivity index (χ1) is 9.97. The van der Waals surface area contributed by atoms with Crippen LogP contribution in [0.2, 0.25) is 0 Å². The molecule has 1 aromatic heterocycles. The summed E-state index contributed by atoms with van der Waals surface area (Å²) in [4.78, 5) is 28.9. The van der Waals surface area contributed by atoms with Crippen molar-refractivity contribution < 1.29 is 9.18 Å². The van der Waals surface area contributed by atoms with Gasteiger partial charge in [0.05, 0.1) is 21.1 Å². The second-order valence-corrected chi connectivity index (χ2v) is 6.10. The third-order valence-corrected chi connectivity index (χ3v) is 4.31. The molecule has 3 rings (SSSR count). The molecule has 0 aliphatic rings. The van der Waals surface area contributed by atoms with E-state index in [1.165, 1.54) is 18.2 Å². The Balaban J connectivity index is 2.19. The Bertz CT molecular complexity index is 930. The van der Waals surface area contributed by atoms with Gasteiger partial charge in [0.2, 0.25) is 0 Å². The van der Waals surface area contributed by atoms with Crippen LogP contribution in [0.1, 0.15) is 15.9 Å². The fraction of sp³-hybridized carbons (Fsp3) is 0. The van der Waals surface area contributed by atoms with E-state index in [9.17, 15) is 14.0 Å². The minimum Gasteiger partial charge on any atom is -0.306 e. The minimum atomic E-state index is -0.614. The number of carbonyl (C=O) groups is 1. The van der Waals surface area contributed by atoms with Crippen molar-refractivity contribution in [2.24, 2.45) is 0 Å². The van der Waals surface area contributed by atoms with E-state index in [0.717, 1.165) is 0 Å². The molecule has 0 aliphatic carbocycles. The number of aromatic nitrogens is 2. The van der Waals surface area contributed by atoms with Crippen LogP contribution in [0.4, 0.5) is 4.39 Å². The predicted octanol–water partition coefficient (Wildman–Crippen LogP) is 3.75. The zero-order chi connectivity index (χ0) is 15.1. The highest BCUT2D eigenvalue weighted by atomic mass is 79.9. The van der Waals surface area contributed by atoms with Gasteiger partial charge in [-0.3, -0.25) is 4.79 Å². The van der Waals surface area contributed by atoms with Gasteiger partial charge in [0.15, 0.2) is 5.78 Å². The number of nitrogens with one attached hydrogen (secondary N) is 2. The van der Waals surface area contributed by atoms with Crippen LogP contribution in [0.3, 0.4) is 0 Å². The number of benzene rings is 2. The van der Waals surface area contributed by atoms with Crippen molar-refractivity contribution in [2.45, 2.75) is 0 Å². The molecule has 0 atom stereocenters. The van der Waals surface area contributed by atoms with Crippen molar-refractivity contribution in [3.05, 3.63) is 66.7 Å². The normalized spacial score (nSPS) is 11.0. The van der Waals surface area contributed by atoms with Crippen LogP contribution in [-0.2, 0) is 0 Å². The number of H-pyrrole nitrogens is 2. The van der Waals surface area contributed by atoms with Gasteiger partial charge in [0.1, 0.15) is 5.82 Å². The number of halogens is 3. The maximum absolute atomic E-state index is 14.0. The van der Waals surface area contributed by atoms with Crippen molar-refractivity contribution in [3.63, 3.8) is 0 Å². The van der Waals surface area contributed by atoms with Crippen LogP contribution in [0.15, 0.2) is 44.1 Å². The van der Waals surface area contributed by atoms with Gasteiger partial charge in [0, 0.05) is 10.0 Å². The van der Waals surface area contributed by atoms with Gasteiger partial charge in [0.25, 0.3) is 0 Å². The highest BCUT2D eigenvalue weighted by Gasteiger charge is 2.19. The van der Waals surface area contributed by atoms with Crippen molar-refractivity contribution in [1.82, 2.24) is 9.97 Å². The monoisotopic (exact) mass is 412 g/mol. The van der Waals surface area contributed by atoms with E-state index in [-0.39, 0.29) is 21.3 Å². The highest BCUT2D eigenvalue weighted by molar-refractivity contribution is 9.10. The van der Waals surface area contributed by atoms with Gasteiger partial charge >= 0.3 is 5.69 Å². The standard InChI is InChI=1S/C14H7Br2FN2O2/c15-8-3-1-2-6(12(8)17)13(20)7-4-10-11(5-9(7)16)19-14(21)18-10/h1-5H,(H2,18,19,21). The summed E-state index contributed by atoms with van der Waals surface area (Å²) in [6.45, 7) is 0. The van der Waals surface area contributed by atoms with Gasteiger partial charge < -0.3 is 9.97 Å². The van der Waals surface area contributed by atoms with Crippen LogP contribution >= 0.6 is 31.9 Å². The molecule has 0 amide bonds. The fourth-order valence-electron chi connectivity index (χ4n) is 2.05. The lowest BCUT2D eigenvalue weighted by Crippen LogP contribution is -2.05. The van der Waals surface area contributed by atoms with Crippen molar-refractivity contribution in [3.8, 4) is 0 Å². The van der Waals surface area contributed by atoms with E-state index in [1.54, 1.807) is 12.1 Å². The number of imidazole rings is 1. The molecule has 0 saturated carbocycles. The molecule has 4 nitrogen and oxygen atoms in total. The molecule has 106 valence electrons. The molecule has 2 aromatic carbocycles. The SMILES string of the molecule is O=C(c1cc2[nH]c(=O)[nH]c2cc1Br)c1cccc(Br)c1F. The number of ketones is 1. The molecular formula is C14H7Br2FN2O2. The summed E-state index contributed by atoms with van der Waals surface area (Å²) in [6, 6.07) is 7.65. The van der Waals surface area contributed by atoms with Gasteiger partial charge in [-0.05, 0) is 56.1 Å². The fourth-order valence-corrected chi connectivity index (χ4v) is 2.94. The Hall–Kier alpha value is -1.73. The van der Waals surface area contributed by atoms with Crippen LogP contribution < -0.4 is 5.69 Å². The summed E-state index contributed by atoms with van der Waals surface area (Å²) >= 11 is 6.33. The summed E-state index contributed by atoms with van der Waals surface area (Å²) in [5, 5.41) is 0. The van der Waals surface area contributed by atoms with E-state index in [2.05, 4.69) is 41.8 Å². The van der Waals surface area contributed by atoms with E-state index in [0.29, 0.717) is 15.5 Å². The molecule has 0 saturated heterocycles. The van der Waals surface area contributed by atoms with Gasteiger partial charge in [-0.1, -0.05) is 6.07 Å². The Morgan fingerprint density at radius 1 is 1.00 bits per heavy atom. The average Bonchev–Trinajstić information content (AvgIpc) is 2.79. The predicted molar refractivity (Wildman–Crippen MR) is 84.2 cm³/mol. The molecule has 1 heterocycles. The third kappa shape index (κ3) is 2.47.